The minimum Gasteiger partial charge on any atom is -0.361 e. The van der Waals surface area contributed by atoms with E-state index in [0.29, 0.717) is 12.3 Å². The van der Waals surface area contributed by atoms with Crippen LogP contribution in [-0.2, 0) is 16.6 Å². The standard InChI is InChI=1S/C14H20N2O2/c1-13(2)10-4-5-15-11(17)7-14(10,3)6-9-8-16-18-12(9)13/h8,10H,4-7H2,1-3H3,(H,15,17)/t10-,14+/m0/s1. The Hall–Kier alpha value is -1.32. The maximum absolute atomic E-state index is 11.9. The van der Waals surface area contributed by atoms with Crippen LogP contribution in [0.25, 0.3) is 0 Å². The largest absolute Gasteiger partial charge is 0.361 e. The van der Waals surface area contributed by atoms with Crippen LogP contribution < -0.4 is 5.32 Å². The summed E-state index contributed by atoms with van der Waals surface area (Å²) in [6, 6.07) is 0. The van der Waals surface area contributed by atoms with Gasteiger partial charge >= 0.3 is 0 Å². The highest BCUT2D eigenvalue weighted by Gasteiger charge is 2.52. The Morgan fingerprint density at radius 3 is 2.94 bits per heavy atom. The summed E-state index contributed by atoms with van der Waals surface area (Å²) in [7, 11) is 0. The average molecular weight is 248 g/mol. The number of amides is 1. The van der Waals surface area contributed by atoms with Crippen LogP contribution in [0.5, 0.6) is 0 Å². The van der Waals surface area contributed by atoms with Gasteiger partial charge in [0.05, 0.1) is 6.20 Å². The van der Waals surface area contributed by atoms with Gasteiger partial charge in [0.15, 0.2) is 0 Å². The molecule has 18 heavy (non-hydrogen) atoms. The topological polar surface area (TPSA) is 55.1 Å². The van der Waals surface area contributed by atoms with Crippen molar-refractivity contribution in [3.8, 4) is 0 Å². The van der Waals surface area contributed by atoms with Crippen molar-refractivity contribution in [3.05, 3.63) is 17.5 Å². The zero-order valence-electron chi connectivity index (χ0n) is 11.2. The average Bonchev–Trinajstić information content (AvgIpc) is 2.64. The summed E-state index contributed by atoms with van der Waals surface area (Å²) in [5, 5.41) is 6.95. The van der Waals surface area contributed by atoms with Gasteiger partial charge in [-0.3, -0.25) is 4.79 Å². The Morgan fingerprint density at radius 2 is 2.17 bits per heavy atom. The fourth-order valence-corrected chi connectivity index (χ4v) is 4.19. The second kappa shape index (κ2) is 3.59. The van der Waals surface area contributed by atoms with E-state index in [2.05, 4.69) is 31.2 Å². The molecule has 1 aromatic heterocycles. The highest BCUT2D eigenvalue weighted by molar-refractivity contribution is 5.77. The van der Waals surface area contributed by atoms with Crippen molar-refractivity contribution in [2.75, 3.05) is 6.54 Å². The van der Waals surface area contributed by atoms with Gasteiger partial charge in [-0.1, -0.05) is 25.9 Å². The van der Waals surface area contributed by atoms with Gasteiger partial charge in [0, 0.05) is 23.9 Å². The lowest BCUT2D eigenvalue weighted by Gasteiger charge is -2.48. The van der Waals surface area contributed by atoms with Gasteiger partial charge in [0.1, 0.15) is 5.76 Å². The molecule has 4 nitrogen and oxygen atoms in total. The van der Waals surface area contributed by atoms with Crippen molar-refractivity contribution in [1.82, 2.24) is 10.5 Å². The maximum atomic E-state index is 11.9. The molecule has 0 unspecified atom stereocenters. The predicted octanol–water partition coefficient (Wildman–Crippen LogP) is 2.04. The third-order valence-corrected chi connectivity index (χ3v) is 4.86. The normalized spacial score (nSPS) is 34.2. The first-order valence-electron chi connectivity index (χ1n) is 6.64. The molecule has 4 heteroatoms. The van der Waals surface area contributed by atoms with Crippen molar-refractivity contribution in [1.29, 1.82) is 0 Å². The first-order valence-corrected chi connectivity index (χ1v) is 6.64. The van der Waals surface area contributed by atoms with Gasteiger partial charge in [0.25, 0.3) is 0 Å². The molecule has 1 amide bonds. The van der Waals surface area contributed by atoms with Gasteiger partial charge < -0.3 is 9.84 Å². The Morgan fingerprint density at radius 1 is 1.39 bits per heavy atom. The fourth-order valence-electron chi connectivity index (χ4n) is 4.19. The molecule has 0 radical (unpaired) electrons. The number of hydrogen-bond acceptors (Lipinski definition) is 3. The van der Waals surface area contributed by atoms with Crippen molar-refractivity contribution < 1.29 is 9.32 Å². The van der Waals surface area contributed by atoms with Crippen molar-refractivity contribution >= 4 is 5.91 Å². The molecule has 1 saturated heterocycles. The van der Waals surface area contributed by atoms with Gasteiger partial charge in [-0.2, -0.15) is 0 Å². The number of nitrogens with zero attached hydrogens (tertiary/aromatic N) is 1. The van der Waals surface area contributed by atoms with Gasteiger partial charge in [-0.25, -0.2) is 0 Å². The summed E-state index contributed by atoms with van der Waals surface area (Å²) in [6.45, 7) is 7.44. The Labute approximate surface area is 107 Å². The number of nitrogens with one attached hydrogen (secondary N) is 1. The molecular weight excluding hydrogens is 228 g/mol. The predicted molar refractivity (Wildman–Crippen MR) is 67.1 cm³/mol. The summed E-state index contributed by atoms with van der Waals surface area (Å²) >= 11 is 0. The summed E-state index contributed by atoms with van der Waals surface area (Å²) < 4.78 is 5.48. The Balaban J connectivity index is 2.10. The number of fused-ring (bicyclic) bond motifs is 2. The molecule has 1 N–H and O–H groups in total. The second-order valence-corrected chi connectivity index (χ2v) is 6.60. The molecular formula is C14H20N2O2. The molecule has 0 bridgehead atoms. The second-order valence-electron chi connectivity index (χ2n) is 6.60. The third-order valence-electron chi connectivity index (χ3n) is 4.86. The van der Waals surface area contributed by atoms with E-state index in [1.54, 1.807) is 0 Å². The summed E-state index contributed by atoms with van der Waals surface area (Å²) in [5.74, 6) is 1.64. The quantitative estimate of drug-likeness (QED) is 0.764. The molecule has 1 aliphatic heterocycles. The smallest absolute Gasteiger partial charge is 0.220 e. The first kappa shape index (κ1) is 11.8. The Bertz CT molecular complexity index is 492. The molecule has 0 saturated carbocycles. The molecule has 2 heterocycles. The van der Waals surface area contributed by atoms with Crippen LogP contribution in [0, 0.1) is 11.3 Å². The van der Waals surface area contributed by atoms with Crippen molar-refractivity contribution in [3.63, 3.8) is 0 Å². The van der Waals surface area contributed by atoms with E-state index >= 15 is 0 Å². The molecule has 0 spiro atoms. The minimum absolute atomic E-state index is 0.0165. The molecule has 98 valence electrons. The molecule has 3 rings (SSSR count). The highest BCUT2D eigenvalue weighted by atomic mass is 16.5. The van der Waals surface area contributed by atoms with E-state index in [0.717, 1.165) is 25.1 Å². The molecule has 1 aliphatic carbocycles. The number of hydrogen-bond donors (Lipinski definition) is 1. The maximum Gasteiger partial charge on any atom is 0.220 e. The Kier molecular flexibility index (Phi) is 2.34. The highest BCUT2D eigenvalue weighted by Crippen LogP contribution is 2.53. The lowest BCUT2D eigenvalue weighted by Crippen LogP contribution is -2.46. The fraction of sp³-hybridized carbons (Fsp3) is 0.714. The molecule has 2 atom stereocenters. The molecule has 1 fully saturated rings. The third kappa shape index (κ3) is 1.51. The zero-order valence-corrected chi connectivity index (χ0v) is 11.2. The number of rotatable bonds is 0. The number of aromatic nitrogens is 1. The van der Waals surface area contributed by atoms with E-state index in [-0.39, 0.29) is 16.7 Å². The monoisotopic (exact) mass is 248 g/mol. The van der Waals surface area contributed by atoms with E-state index in [4.69, 9.17) is 4.52 Å². The molecule has 2 aliphatic rings. The van der Waals surface area contributed by atoms with Crippen LogP contribution in [0.2, 0.25) is 0 Å². The van der Waals surface area contributed by atoms with Gasteiger partial charge in [-0.15, -0.1) is 0 Å². The summed E-state index contributed by atoms with van der Waals surface area (Å²) in [5.41, 5.74) is 1.14. The number of carbonyl (C=O) groups excluding carboxylic acids is 1. The lowest BCUT2D eigenvalue weighted by molar-refractivity contribution is -0.123. The van der Waals surface area contributed by atoms with Crippen LogP contribution in [-0.4, -0.2) is 17.6 Å². The van der Waals surface area contributed by atoms with E-state index < -0.39 is 0 Å². The van der Waals surface area contributed by atoms with Crippen LogP contribution >= 0.6 is 0 Å². The van der Waals surface area contributed by atoms with E-state index in [1.165, 1.54) is 5.56 Å². The zero-order chi connectivity index (χ0) is 13.0. The SMILES string of the molecule is CC1(C)c2oncc2C[C@]2(C)CC(=O)NCC[C@@H]12. The molecule has 0 aromatic carbocycles. The summed E-state index contributed by atoms with van der Waals surface area (Å²) in [6.07, 6.45) is 4.33. The van der Waals surface area contributed by atoms with E-state index in [1.807, 2.05) is 6.20 Å². The van der Waals surface area contributed by atoms with Crippen molar-refractivity contribution in [2.45, 2.75) is 45.4 Å². The van der Waals surface area contributed by atoms with Crippen LogP contribution in [0.4, 0.5) is 0 Å². The van der Waals surface area contributed by atoms with Crippen LogP contribution in [0.1, 0.15) is 44.9 Å². The summed E-state index contributed by atoms with van der Waals surface area (Å²) in [4.78, 5) is 11.9. The van der Waals surface area contributed by atoms with Crippen LogP contribution in [0.15, 0.2) is 10.7 Å². The minimum atomic E-state index is -0.0505. The van der Waals surface area contributed by atoms with Gasteiger partial charge in [0.2, 0.25) is 5.91 Å². The lowest BCUT2D eigenvalue weighted by atomic mass is 9.55. The van der Waals surface area contributed by atoms with Crippen molar-refractivity contribution in [2.24, 2.45) is 11.3 Å². The van der Waals surface area contributed by atoms with Gasteiger partial charge in [-0.05, 0) is 24.2 Å². The first-order chi connectivity index (χ1) is 8.43. The van der Waals surface area contributed by atoms with E-state index in [9.17, 15) is 4.79 Å². The number of carbonyl (C=O) groups is 1. The molecule has 1 aromatic rings. The van der Waals surface area contributed by atoms with Crippen LogP contribution in [0.3, 0.4) is 0 Å².